The third-order valence-electron chi connectivity index (χ3n) is 4.65. The molecule has 0 bridgehead atoms. The Kier molecular flexibility index (Phi) is 5.33. The highest BCUT2D eigenvalue weighted by Gasteiger charge is 2.25. The topological polar surface area (TPSA) is 41.7 Å². The Hall–Kier alpha value is -2.11. The van der Waals surface area contributed by atoms with Crippen LogP contribution in [0.5, 0.6) is 5.75 Å². The Morgan fingerprint density at radius 2 is 1.83 bits per heavy atom. The van der Waals surface area contributed by atoms with Crippen LogP contribution in [-0.2, 0) is 0 Å². The molecule has 4 nitrogen and oxygen atoms in total. The summed E-state index contributed by atoms with van der Waals surface area (Å²) >= 11 is 0. The lowest BCUT2D eigenvalue weighted by Gasteiger charge is -2.40. The summed E-state index contributed by atoms with van der Waals surface area (Å²) in [5.74, 6) is 0.685. The SMILES string of the molecule is COc1cccc(C(CN)N2CCN(c3ccccc3F)CC2)c1. The molecule has 2 aromatic rings. The summed E-state index contributed by atoms with van der Waals surface area (Å²) in [7, 11) is 1.67. The molecule has 1 fully saturated rings. The molecular weight excluding hydrogens is 305 g/mol. The van der Waals surface area contributed by atoms with Crippen LogP contribution in [0.25, 0.3) is 0 Å². The van der Waals surface area contributed by atoms with Gasteiger partial charge < -0.3 is 15.4 Å². The van der Waals surface area contributed by atoms with E-state index < -0.39 is 0 Å². The molecule has 0 saturated carbocycles. The van der Waals surface area contributed by atoms with Gasteiger partial charge in [-0.25, -0.2) is 4.39 Å². The molecule has 1 saturated heterocycles. The van der Waals surface area contributed by atoms with E-state index >= 15 is 0 Å². The maximum absolute atomic E-state index is 14.0. The van der Waals surface area contributed by atoms with Gasteiger partial charge in [-0.2, -0.15) is 0 Å². The highest BCUT2D eigenvalue weighted by atomic mass is 19.1. The number of anilines is 1. The largest absolute Gasteiger partial charge is 0.497 e. The maximum Gasteiger partial charge on any atom is 0.146 e. The van der Waals surface area contributed by atoms with Gasteiger partial charge in [0.2, 0.25) is 0 Å². The van der Waals surface area contributed by atoms with Crippen molar-refractivity contribution >= 4 is 5.69 Å². The molecule has 0 aromatic heterocycles. The number of benzene rings is 2. The number of rotatable bonds is 5. The van der Waals surface area contributed by atoms with Gasteiger partial charge in [0.1, 0.15) is 11.6 Å². The quantitative estimate of drug-likeness (QED) is 0.916. The van der Waals surface area contributed by atoms with Crippen molar-refractivity contribution in [2.24, 2.45) is 5.73 Å². The van der Waals surface area contributed by atoms with Crippen LogP contribution in [0.1, 0.15) is 11.6 Å². The van der Waals surface area contributed by atoms with Crippen molar-refractivity contribution in [2.45, 2.75) is 6.04 Å². The summed E-state index contributed by atoms with van der Waals surface area (Å²) in [6.45, 7) is 3.84. The van der Waals surface area contributed by atoms with Gasteiger partial charge in [-0.3, -0.25) is 4.90 Å². The van der Waals surface area contributed by atoms with Crippen LogP contribution in [0, 0.1) is 5.82 Å². The Morgan fingerprint density at radius 3 is 2.50 bits per heavy atom. The van der Waals surface area contributed by atoms with Crippen LogP contribution in [0.4, 0.5) is 10.1 Å². The molecule has 1 heterocycles. The third kappa shape index (κ3) is 3.52. The molecule has 1 aliphatic heterocycles. The first-order valence-electron chi connectivity index (χ1n) is 8.30. The lowest BCUT2D eigenvalue weighted by Crippen LogP contribution is -2.49. The van der Waals surface area contributed by atoms with Gasteiger partial charge in [-0.05, 0) is 29.8 Å². The maximum atomic E-state index is 14.0. The van der Waals surface area contributed by atoms with Crippen molar-refractivity contribution < 1.29 is 9.13 Å². The minimum Gasteiger partial charge on any atom is -0.497 e. The van der Waals surface area contributed by atoms with Crippen molar-refractivity contribution in [1.29, 1.82) is 0 Å². The molecule has 2 N–H and O–H groups in total. The van der Waals surface area contributed by atoms with Crippen LogP contribution in [0.2, 0.25) is 0 Å². The van der Waals surface area contributed by atoms with Gasteiger partial charge >= 0.3 is 0 Å². The summed E-state index contributed by atoms with van der Waals surface area (Å²) in [6.07, 6.45) is 0. The predicted molar refractivity (Wildman–Crippen MR) is 95.0 cm³/mol. The van der Waals surface area contributed by atoms with Crippen LogP contribution in [0.15, 0.2) is 48.5 Å². The van der Waals surface area contributed by atoms with Gasteiger partial charge in [0.05, 0.1) is 12.8 Å². The molecule has 1 unspecified atom stereocenters. The van der Waals surface area contributed by atoms with Crippen LogP contribution in [-0.4, -0.2) is 44.7 Å². The summed E-state index contributed by atoms with van der Waals surface area (Å²) in [4.78, 5) is 4.47. The van der Waals surface area contributed by atoms with E-state index in [0.717, 1.165) is 37.5 Å². The highest BCUT2D eigenvalue weighted by molar-refractivity contribution is 5.48. The van der Waals surface area contributed by atoms with E-state index in [0.29, 0.717) is 12.2 Å². The molecule has 2 aromatic carbocycles. The van der Waals surface area contributed by atoms with Gasteiger partial charge in [0, 0.05) is 38.8 Å². The fourth-order valence-electron chi connectivity index (χ4n) is 3.33. The number of halogens is 1. The first kappa shape index (κ1) is 16.7. The molecule has 24 heavy (non-hydrogen) atoms. The fraction of sp³-hybridized carbons (Fsp3) is 0.368. The minimum absolute atomic E-state index is 0.155. The van der Waals surface area contributed by atoms with Gasteiger partial charge in [-0.1, -0.05) is 24.3 Å². The molecular formula is C19H24FN3O. The number of nitrogens with two attached hydrogens (primary N) is 1. The first-order valence-corrected chi connectivity index (χ1v) is 8.30. The molecule has 0 amide bonds. The van der Waals surface area contributed by atoms with Crippen LogP contribution >= 0.6 is 0 Å². The minimum atomic E-state index is -0.158. The Labute approximate surface area is 142 Å². The van der Waals surface area contributed by atoms with Gasteiger partial charge in [0.15, 0.2) is 0 Å². The van der Waals surface area contributed by atoms with Crippen molar-refractivity contribution in [3.63, 3.8) is 0 Å². The van der Waals surface area contributed by atoms with E-state index in [2.05, 4.69) is 15.9 Å². The molecule has 1 atom stereocenters. The third-order valence-corrected chi connectivity index (χ3v) is 4.65. The van der Waals surface area contributed by atoms with E-state index in [-0.39, 0.29) is 11.9 Å². The molecule has 1 aliphatic rings. The normalized spacial score (nSPS) is 16.9. The molecule has 3 rings (SSSR count). The van der Waals surface area contributed by atoms with Crippen LogP contribution < -0.4 is 15.4 Å². The molecule has 0 aliphatic carbocycles. The number of para-hydroxylation sites is 1. The lowest BCUT2D eigenvalue weighted by atomic mass is 10.0. The fourth-order valence-corrected chi connectivity index (χ4v) is 3.33. The Morgan fingerprint density at radius 1 is 1.08 bits per heavy atom. The molecule has 5 heteroatoms. The van der Waals surface area contributed by atoms with Gasteiger partial charge in [-0.15, -0.1) is 0 Å². The van der Waals surface area contributed by atoms with E-state index in [1.165, 1.54) is 6.07 Å². The second-order valence-corrected chi connectivity index (χ2v) is 6.00. The summed E-state index contributed by atoms with van der Waals surface area (Å²) in [6, 6.07) is 15.2. The average Bonchev–Trinajstić information content (AvgIpc) is 2.64. The molecule has 0 radical (unpaired) electrons. The zero-order valence-electron chi connectivity index (χ0n) is 14.0. The average molecular weight is 329 g/mol. The van der Waals surface area contributed by atoms with E-state index in [1.54, 1.807) is 13.2 Å². The zero-order chi connectivity index (χ0) is 16.9. The number of hydrogen-bond acceptors (Lipinski definition) is 4. The van der Waals surface area contributed by atoms with Gasteiger partial charge in [0.25, 0.3) is 0 Å². The second kappa shape index (κ2) is 7.64. The Bertz CT molecular complexity index is 671. The van der Waals surface area contributed by atoms with Crippen molar-refractivity contribution in [3.8, 4) is 5.75 Å². The Balaban J connectivity index is 1.69. The molecule has 0 spiro atoms. The van der Waals surface area contributed by atoms with E-state index in [4.69, 9.17) is 10.5 Å². The lowest BCUT2D eigenvalue weighted by molar-refractivity contribution is 0.189. The standard InChI is InChI=1S/C19H24FN3O/c1-24-16-6-4-5-15(13-16)19(14-21)23-11-9-22(10-12-23)18-8-3-2-7-17(18)20/h2-8,13,19H,9-12,14,21H2,1H3. The summed E-state index contributed by atoms with van der Waals surface area (Å²) in [5, 5.41) is 0. The summed E-state index contributed by atoms with van der Waals surface area (Å²) < 4.78 is 19.3. The molecule has 128 valence electrons. The van der Waals surface area contributed by atoms with Crippen LogP contribution in [0.3, 0.4) is 0 Å². The van der Waals surface area contributed by atoms with Crippen molar-refractivity contribution in [3.05, 3.63) is 59.9 Å². The number of nitrogens with zero attached hydrogens (tertiary/aromatic N) is 2. The number of methoxy groups -OCH3 is 1. The second-order valence-electron chi connectivity index (χ2n) is 6.00. The number of hydrogen-bond donors (Lipinski definition) is 1. The zero-order valence-corrected chi connectivity index (χ0v) is 14.0. The predicted octanol–water partition coefficient (Wildman–Crippen LogP) is 2.66. The highest BCUT2D eigenvalue weighted by Crippen LogP contribution is 2.26. The number of ether oxygens (including phenoxy) is 1. The monoisotopic (exact) mass is 329 g/mol. The van der Waals surface area contributed by atoms with E-state index in [1.807, 2.05) is 30.3 Å². The number of piperazine rings is 1. The van der Waals surface area contributed by atoms with E-state index in [9.17, 15) is 4.39 Å². The smallest absolute Gasteiger partial charge is 0.146 e. The van der Waals surface area contributed by atoms with Crippen molar-refractivity contribution in [2.75, 3.05) is 44.7 Å². The first-order chi connectivity index (χ1) is 11.7. The summed E-state index contributed by atoms with van der Waals surface area (Å²) in [5.41, 5.74) is 7.89. The van der Waals surface area contributed by atoms with Crippen molar-refractivity contribution in [1.82, 2.24) is 4.90 Å².